The number of anilines is 1. The number of thioether (sulfide) groups is 1. The number of para-hydroxylation sites is 1. The number of rotatable bonds is 15. The molecule has 49 heavy (non-hydrogen) atoms. The Balaban J connectivity index is 1.22. The highest BCUT2D eigenvalue weighted by atomic mass is 32.2. The molecule has 2 atom stereocenters. The van der Waals surface area contributed by atoms with E-state index in [9.17, 15) is 19.2 Å². The maximum Gasteiger partial charge on any atom is 0.410 e. The number of esters is 2. The van der Waals surface area contributed by atoms with E-state index in [-0.39, 0.29) is 31.1 Å². The first-order valence-corrected chi connectivity index (χ1v) is 18.7. The van der Waals surface area contributed by atoms with Crippen molar-refractivity contribution in [3.8, 4) is 0 Å². The highest BCUT2D eigenvalue weighted by Crippen LogP contribution is 2.34. The predicted octanol–water partition coefficient (Wildman–Crippen LogP) is 6.75. The van der Waals surface area contributed by atoms with Crippen LogP contribution >= 0.6 is 11.8 Å². The van der Waals surface area contributed by atoms with E-state index in [0.717, 1.165) is 68.5 Å². The zero-order valence-electron chi connectivity index (χ0n) is 29.5. The van der Waals surface area contributed by atoms with Gasteiger partial charge in [0.05, 0.1) is 18.3 Å². The van der Waals surface area contributed by atoms with Crippen LogP contribution in [-0.2, 0) is 35.2 Å². The van der Waals surface area contributed by atoms with Crippen molar-refractivity contribution in [2.24, 2.45) is 5.92 Å². The van der Waals surface area contributed by atoms with Gasteiger partial charge in [0.2, 0.25) is 5.91 Å². The average Bonchev–Trinajstić information content (AvgIpc) is 3.20. The van der Waals surface area contributed by atoms with Gasteiger partial charge in [-0.2, -0.15) is 0 Å². The van der Waals surface area contributed by atoms with E-state index in [4.69, 9.17) is 14.2 Å². The zero-order chi connectivity index (χ0) is 35.2. The van der Waals surface area contributed by atoms with Crippen LogP contribution in [0.15, 0.2) is 59.5 Å². The van der Waals surface area contributed by atoms with Crippen LogP contribution in [-0.4, -0.2) is 78.5 Å². The Bertz CT molecular complexity index is 1370. The van der Waals surface area contributed by atoms with E-state index < -0.39 is 23.7 Å². The smallest absolute Gasteiger partial charge is 0.410 e. The lowest BCUT2D eigenvalue weighted by Crippen LogP contribution is -2.54. The lowest BCUT2D eigenvalue weighted by atomic mass is 9.91. The Hall–Kier alpha value is -3.57. The fourth-order valence-corrected chi connectivity index (χ4v) is 7.33. The van der Waals surface area contributed by atoms with Crippen LogP contribution in [0, 0.1) is 5.92 Å². The molecule has 0 radical (unpaired) electrons. The number of nitrogens with zero attached hydrogens (tertiary/aromatic N) is 2. The summed E-state index contributed by atoms with van der Waals surface area (Å²) in [5, 5.41) is 3.31. The molecule has 2 amide bonds. The molecule has 11 heteroatoms. The van der Waals surface area contributed by atoms with Crippen molar-refractivity contribution >= 4 is 41.4 Å². The van der Waals surface area contributed by atoms with Gasteiger partial charge < -0.3 is 19.1 Å². The fourth-order valence-electron chi connectivity index (χ4n) is 6.24. The molecular weight excluding hydrogens is 642 g/mol. The van der Waals surface area contributed by atoms with Gasteiger partial charge in [0, 0.05) is 23.7 Å². The quantitative estimate of drug-likeness (QED) is 0.123. The number of hydrogen-bond donors (Lipinski definition) is 1. The van der Waals surface area contributed by atoms with E-state index in [1.165, 1.54) is 16.7 Å². The molecule has 1 fully saturated rings. The summed E-state index contributed by atoms with van der Waals surface area (Å²) in [6, 6.07) is 15.9. The highest BCUT2D eigenvalue weighted by Gasteiger charge is 2.35. The molecule has 2 aromatic carbocycles. The van der Waals surface area contributed by atoms with Crippen molar-refractivity contribution in [3.63, 3.8) is 0 Å². The van der Waals surface area contributed by atoms with Crippen molar-refractivity contribution < 1.29 is 33.4 Å². The summed E-state index contributed by atoms with van der Waals surface area (Å²) in [4.78, 5) is 56.4. The second kappa shape index (κ2) is 19.0. The lowest BCUT2D eigenvalue weighted by molar-refractivity contribution is -0.154. The van der Waals surface area contributed by atoms with Crippen molar-refractivity contribution in [1.29, 1.82) is 0 Å². The molecule has 0 bridgehead atoms. The Morgan fingerprint density at radius 3 is 2.35 bits per heavy atom. The molecule has 10 nitrogen and oxygen atoms in total. The normalized spacial score (nSPS) is 17.6. The van der Waals surface area contributed by atoms with Crippen LogP contribution in [0.1, 0.15) is 84.6 Å². The summed E-state index contributed by atoms with van der Waals surface area (Å²) in [5.41, 5.74) is 0.970. The molecule has 268 valence electrons. The molecule has 1 saturated heterocycles. The summed E-state index contributed by atoms with van der Waals surface area (Å²) >= 11 is 1.53. The fraction of sp³-hybridized carbons (Fsp3) is 0.579. The number of ether oxygens (including phenoxy) is 3. The molecule has 2 aliphatic rings. The topological polar surface area (TPSA) is 114 Å². The molecule has 2 aliphatic heterocycles. The number of fused-ring (bicyclic) bond motifs is 1. The number of carbonyl (C=O) groups is 4. The van der Waals surface area contributed by atoms with Crippen LogP contribution in [0.2, 0.25) is 0 Å². The molecule has 1 unspecified atom stereocenters. The van der Waals surface area contributed by atoms with Gasteiger partial charge in [-0.3, -0.25) is 24.6 Å². The largest absolute Gasteiger partial charge is 0.465 e. The van der Waals surface area contributed by atoms with Gasteiger partial charge in [0.1, 0.15) is 24.8 Å². The van der Waals surface area contributed by atoms with E-state index >= 15 is 0 Å². The Morgan fingerprint density at radius 1 is 0.939 bits per heavy atom. The van der Waals surface area contributed by atoms with Gasteiger partial charge in [0.15, 0.2) is 0 Å². The van der Waals surface area contributed by atoms with E-state index in [1.807, 2.05) is 59.5 Å². The summed E-state index contributed by atoms with van der Waals surface area (Å²) in [6.45, 7) is 8.95. The van der Waals surface area contributed by atoms with Crippen LogP contribution < -0.4 is 10.2 Å². The third-order valence-corrected chi connectivity index (χ3v) is 9.90. The number of amides is 2. The molecule has 0 spiro atoms. The van der Waals surface area contributed by atoms with Crippen LogP contribution in [0.5, 0.6) is 0 Å². The van der Waals surface area contributed by atoms with Crippen molar-refractivity contribution in [2.75, 3.05) is 36.9 Å². The first-order valence-electron chi connectivity index (χ1n) is 17.7. The third kappa shape index (κ3) is 12.4. The average molecular weight is 696 g/mol. The van der Waals surface area contributed by atoms with Gasteiger partial charge in [-0.1, -0.05) is 74.6 Å². The molecule has 4 rings (SSSR count). The highest BCUT2D eigenvalue weighted by molar-refractivity contribution is 7.99. The minimum Gasteiger partial charge on any atom is -0.465 e. The molecule has 1 N–H and O–H groups in total. The molecular formula is C38H53N3O7S. The van der Waals surface area contributed by atoms with E-state index in [2.05, 4.69) is 5.32 Å². The van der Waals surface area contributed by atoms with Crippen LogP contribution in [0.4, 0.5) is 10.5 Å². The first kappa shape index (κ1) is 38.2. The van der Waals surface area contributed by atoms with Gasteiger partial charge >= 0.3 is 18.0 Å². The van der Waals surface area contributed by atoms with E-state index in [0.29, 0.717) is 30.4 Å². The number of likely N-dealkylation sites (tertiary alicyclic amines) is 1. The lowest BCUT2D eigenvalue weighted by Gasteiger charge is -2.31. The van der Waals surface area contributed by atoms with Crippen LogP contribution in [0.3, 0.4) is 0 Å². The Labute approximate surface area is 295 Å². The van der Waals surface area contributed by atoms with Gasteiger partial charge in [-0.25, -0.2) is 4.79 Å². The predicted molar refractivity (Wildman–Crippen MR) is 191 cm³/mol. The van der Waals surface area contributed by atoms with E-state index in [1.54, 1.807) is 27.7 Å². The van der Waals surface area contributed by atoms with Crippen molar-refractivity contribution in [2.45, 2.75) is 108 Å². The van der Waals surface area contributed by atoms with Gasteiger partial charge in [0.25, 0.3) is 0 Å². The van der Waals surface area contributed by atoms with Crippen molar-refractivity contribution in [1.82, 2.24) is 10.2 Å². The minimum absolute atomic E-state index is 0.215. The maximum atomic E-state index is 13.9. The van der Waals surface area contributed by atoms with Crippen LogP contribution in [0.25, 0.3) is 0 Å². The van der Waals surface area contributed by atoms with Gasteiger partial charge in [-0.05, 0) is 70.6 Å². The molecule has 2 aromatic rings. The maximum absolute atomic E-state index is 13.9. The molecule has 2 heterocycles. The number of benzene rings is 2. The second-order valence-corrected chi connectivity index (χ2v) is 14.8. The minimum atomic E-state index is -0.685. The number of nitrogens with one attached hydrogen (secondary N) is 1. The number of carbonyl (C=O) groups excluding carboxylic acids is 4. The Kier molecular flexibility index (Phi) is 14.8. The molecule has 0 aromatic heterocycles. The number of hydrogen-bond acceptors (Lipinski definition) is 9. The molecule has 0 saturated carbocycles. The summed E-state index contributed by atoms with van der Waals surface area (Å²) in [6.07, 6.45) is 7.32. The van der Waals surface area contributed by atoms with Crippen molar-refractivity contribution in [3.05, 3.63) is 60.2 Å². The standard InChI is InChI=1S/C38H53N3O7S/c1-5-46-36(44)30(39-31-27-49-33-20-14-13-19-32(33)41(35(31)43)25-34(42)48-38(2,3)4)18-12-7-6-9-15-28-21-23-40(24-22-28)37(45)47-26-29-16-10-8-11-17-29/h8,10-11,13-14,16-17,19-20,28,30-31,39H,5-7,9,12,15,18,21-27H2,1-4H3/t30-,31?/m1/s1. The number of unbranched alkanes of at least 4 members (excludes halogenated alkanes) is 3. The summed E-state index contributed by atoms with van der Waals surface area (Å²) < 4.78 is 16.4. The summed E-state index contributed by atoms with van der Waals surface area (Å²) in [5.74, 6) is -0.114. The number of piperidine rings is 1. The third-order valence-electron chi connectivity index (χ3n) is 8.74. The van der Waals surface area contributed by atoms with Gasteiger partial charge in [-0.15, -0.1) is 11.8 Å². The second-order valence-electron chi connectivity index (χ2n) is 13.8. The monoisotopic (exact) mass is 695 g/mol. The summed E-state index contributed by atoms with van der Waals surface area (Å²) in [7, 11) is 0. The SMILES string of the molecule is CCOC(=O)[C@@H](CCCCCCC1CCN(C(=O)OCc2ccccc2)CC1)NC1CSc2ccccc2N(CC(=O)OC(C)(C)C)C1=O. The first-order chi connectivity index (χ1) is 23.5. The Morgan fingerprint density at radius 2 is 1.63 bits per heavy atom. The zero-order valence-corrected chi connectivity index (χ0v) is 30.3. The molecule has 0 aliphatic carbocycles.